The fourth-order valence-electron chi connectivity index (χ4n) is 2.59. The summed E-state index contributed by atoms with van der Waals surface area (Å²) in [6.45, 7) is 5.18. The van der Waals surface area contributed by atoms with Gasteiger partial charge in [-0.05, 0) is 45.0 Å². The Balaban J connectivity index is 2.01. The topological polar surface area (TPSA) is 59.0 Å². The van der Waals surface area contributed by atoms with Crippen molar-refractivity contribution in [3.8, 4) is 5.75 Å². The Morgan fingerprint density at radius 3 is 2.32 bits per heavy atom. The van der Waals surface area contributed by atoms with Crippen molar-refractivity contribution in [2.75, 3.05) is 13.2 Å². The third-order valence-electron chi connectivity index (χ3n) is 3.70. The lowest BCUT2D eigenvalue weighted by molar-refractivity contribution is -0.137. The molecule has 1 aliphatic rings. The number of halogens is 3. The molecule has 0 radical (unpaired) electrons. The monoisotopic (exact) mass is 361 g/mol. The minimum Gasteiger partial charge on any atom is -0.489 e. The molecule has 0 unspecified atom stereocenters. The largest absolute Gasteiger partial charge is 0.489 e. The van der Waals surface area contributed by atoms with Crippen molar-refractivity contribution in [3.05, 3.63) is 29.8 Å². The second-order valence-corrected chi connectivity index (χ2v) is 6.97. The zero-order chi connectivity index (χ0) is 18.8. The molecule has 2 rings (SSSR count). The second-order valence-electron chi connectivity index (χ2n) is 6.97. The fourth-order valence-corrected chi connectivity index (χ4v) is 2.59. The van der Waals surface area contributed by atoms with E-state index in [0.29, 0.717) is 6.42 Å². The van der Waals surface area contributed by atoms with Crippen molar-refractivity contribution in [1.82, 2.24) is 4.90 Å². The Kier molecular flexibility index (Phi) is 5.51. The van der Waals surface area contributed by atoms with E-state index in [2.05, 4.69) is 0 Å². The summed E-state index contributed by atoms with van der Waals surface area (Å²) in [5.74, 6) is 0.278. The molecule has 0 aliphatic carbocycles. The zero-order valence-corrected chi connectivity index (χ0v) is 14.3. The molecular formula is C17H22F3NO4. The second kappa shape index (κ2) is 7.11. The predicted molar refractivity (Wildman–Crippen MR) is 84.3 cm³/mol. The maximum absolute atomic E-state index is 12.6. The molecule has 1 aromatic rings. The van der Waals surface area contributed by atoms with E-state index in [4.69, 9.17) is 9.47 Å². The van der Waals surface area contributed by atoms with Gasteiger partial charge in [0.1, 0.15) is 17.5 Å². The highest BCUT2D eigenvalue weighted by Crippen LogP contribution is 2.31. The summed E-state index contributed by atoms with van der Waals surface area (Å²) in [6.07, 6.45) is -5.01. The molecule has 1 heterocycles. The number of ether oxygens (including phenoxy) is 2. The Bertz CT molecular complexity index is 595. The van der Waals surface area contributed by atoms with Crippen LogP contribution in [0.1, 0.15) is 32.8 Å². The number of likely N-dealkylation sites (tertiary alicyclic amines) is 1. The van der Waals surface area contributed by atoms with Crippen LogP contribution in [-0.2, 0) is 10.9 Å². The van der Waals surface area contributed by atoms with Gasteiger partial charge in [-0.15, -0.1) is 0 Å². The molecule has 25 heavy (non-hydrogen) atoms. The molecule has 1 saturated heterocycles. The Hall–Kier alpha value is -1.96. The zero-order valence-electron chi connectivity index (χ0n) is 14.3. The van der Waals surface area contributed by atoms with Crippen LogP contribution in [0.3, 0.4) is 0 Å². The van der Waals surface area contributed by atoms with Gasteiger partial charge in [-0.1, -0.05) is 0 Å². The molecule has 1 fully saturated rings. The molecule has 1 aliphatic heterocycles. The fraction of sp³-hybridized carbons (Fsp3) is 0.588. The predicted octanol–water partition coefficient (Wildman–Crippen LogP) is 3.45. The number of hydrogen-bond acceptors (Lipinski definition) is 4. The van der Waals surface area contributed by atoms with E-state index in [9.17, 15) is 23.1 Å². The Morgan fingerprint density at radius 1 is 1.24 bits per heavy atom. The van der Waals surface area contributed by atoms with E-state index >= 15 is 0 Å². The van der Waals surface area contributed by atoms with Crippen LogP contribution in [0.25, 0.3) is 0 Å². The average Bonchev–Trinajstić information content (AvgIpc) is 2.88. The number of nitrogens with zero attached hydrogens (tertiary/aromatic N) is 1. The first-order chi connectivity index (χ1) is 11.5. The lowest BCUT2D eigenvalue weighted by Crippen LogP contribution is -2.41. The van der Waals surface area contributed by atoms with E-state index in [1.807, 2.05) is 0 Å². The van der Waals surface area contributed by atoms with E-state index in [1.54, 1.807) is 20.8 Å². The molecule has 2 atom stereocenters. The molecule has 140 valence electrons. The maximum atomic E-state index is 12.6. The number of hydrogen-bond donors (Lipinski definition) is 1. The number of aliphatic hydroxyl groups is 1. The van der Waals surface area contributed by atoms with Crippen LogP contribution in [-0.4, -0.2) is 47.0 Å². The van der Waals surface area contributed by atoms with E-state index in [1.165, 1.54) is 17.0 Å². The van der Waals surface area contributed by atoms with Gasteiger partial charge in [0.05, 0.1) is 24.8 Å². The van der Waals surface area contributed by atoms with Crippen molar-refractivity contribution < 1.29 is 32.5 Å². The summed E-state index contributed by atoms with van der Waals surface area (Å²) in [7, 11) is 0. The molecule has 1 aromatic carbocycles. The number of carbonyl (C=O) groups excluding carboxylic acids is 1. The van der Waals surface area contributed by atoms with Crippen molar-refractivity contribution >= 4 is 6.09 Å². The molecule has 0 saturated carbocycles. The van der Waals surface area contributed by atoms with Crippen molar-refractivity contribution in [1.29, 1.82) is 0 Å². The molecule has 1 amide bonds. The van der Waals surface area contributed by atoms with Crippen molar-refractivity contribution in [2.45, 2.75) is 51.1 Å². The first-order valence-corrected chi connectivity index (χ1v) is 7.94. The van der Waals surface area contributed by atoms with Gasteiger partial charge in [-0.3, -0.25) is 4.90 Å². The highest BCUT2D eigenvalue weighted by molar-refractivity contribution is 5.69. The summed E-state index contributed by atoms with van der Waals surface area (Å²) in [6, 6.07) is 3.92. The third kappa shape index (κ3) is 5.26. The van der Waals surface area contributed by atoms with Crippen LogP contribution in [0.5, 0.6) is 5.75 Å². The normalized spacial score (nSPS) is 21.3. The first kappa shape index (κ1) is 19.4. The number of alkyl halides is 3. The highest BCUT2D eigenvalue weighted by atomic mass is 19.4. The standard InChI is InChI=1S/C17H22F3NO4/c1-16(2,3)25-15(23)21-9-14(8-12(21)10-22)24-13-6-4-11(5-7-13)17(18,19)20/h4-7,12,14,22H,8-10H2,1-3H3/t12-,14-/m0/s1. The summed E-state index contributed by atoms with van der Waals surface area (Å²) in [4.78, 5) is 13.6. The molecule has 5 nitrogen and oxygen atoms in total. The highest BCUT2D eigenvalue weighted by Gasteiger charge is 2.38. The van der Waals surface area contributed by atoms with Crippen LogP contribution in [0.2, 0.25) is 0 Å². The van der Waals surface area contributed by atoms with Crippen LogP contribution < -0.4 is 4.74 Å². The van der Waals surface area contributed by atoms with E-state index in [-0.39, 0.29) is 18.9 Å². The summed E-state index contributed by atoms with van der Waals surface area (Å²) < 4.78 is 48.7. The van der Waals surface area contributed by atoms with Crippen LogP contribution in [0.15, 0.2) is 24.3 Å². The Morgan fingerprint density at radius 2 is 1.84 bits per heavy atom. The number of amides is 1. The SMILES string of the molecule is CC(C)(C)OC(=O)N1C[C@@H](Oc2ccc(C(F)(F)F)cc2)C[C@H]1CO. The molecule has 0 bridgehead atoms. The maximum Gasteiger partial charge on any atom is 0.416 e. The van der Waals surface area contributed by atoms with Gasteiger partial charge < -0.3 is 14.6 Å². The number of carbonyl (C=O) groups is 1. The molecule has 1 N–H and O–H groups in total. The van der Waals surface area contributed by atoms with Crippen LogP contribution in [0, 0.1) is 0 Å². The lowest BCUT2D eigenvalue weighted by atomic mass is 10.2. The van der Waals surface area contributed by atoms with E-state index in [0.717, 1.165) is 12.1 Å². The number of aliphatic hydroxyl groups excluding tert-OH is 1. The van der Waals surface area contributed by atoms with Crippen LogP contribution in [0.4, 0.5) is 18.0 Å². The minimum atomic E-state index is -4.40. The van der Waals surface area contributed by atoms with E-state index < -0.39 is 35.6 Å². The van der Waals surface area contributed by atoms with Gasteiger partial charge in [-0.25, -0.2) is 4.79 Å². The third-order valence-corrected chi connectivity index (χ3v) is 3.70. The molecular weight excluding hydrogens is 339 g/mol. The summed E-state index contributed by atoms with van der Waals surface area (Å²) in [5, 5.41) is 9.46. The van der Waals surface area contributed by atoms with Crippen LogP contribution >= 0.6 is 0 Å². The minimum absolute atomic E-state index is 0.196. The van der Waals surface area contributed by atoms with Gasteiger partial charge in [-0.2, -0.15) is 13.2 Å². The molecule has 0 spiro atoms. The smallest absolute Gasteiger partial charge is 0.416 e. The van der Waals surface area contributed by atoms with Gasteiger partial charge in [0, 0.05) is 6.42 Å². The van der Waals surface area contributed by atoms with Crippen molar-refractivity contribution in [2.24, 2.45) is 0 Å². The lowest BCUT2D eigenvalue weighted by Gasteiger charge is -2.27. The average molecular weight is 361 g/mol. The number of benzene rings is 1. The summed E-state index contributed by atoms with van der Waals surface area (Å²) in [5.41, 5.74) is -1.42. The molecule has 0 aromatic heterocycles. The summed E-state index contributed by atoms with van der Waals surface area (Å²) >= 11 is 0. The quantitative estimate of drug-likeness (QED) is 0.896. The Labute approximate surface area is 144 Å². The van der Waals surface area contributed by atoms with Crippen molar-refractivity contribution in [3.63, 3.8) is 0 Å². The number of rotatable bonds is 3. The first-order valence-electron chi connectivity index (χ1n) is 7.94. The van der Waals surface area contributed by atoms with Gasteiger partial charge >= 0.3 is 12.3 Å². The van der Waals surface area contributed by atoms with Gasteiger partial charge in [0.2, 0.25) is 0 Å². The van der Waals surface area contributed by atoms with Gasteiger partial charge in [0.25, 0.3) is 0 Å². The molecule has 8 heteroatoms. The van der Waals surface area contributed by atoms with Gasteiger partial charge in [0.15, 0.2) is 0 Å².